The molecule has 0 bridgehead atoms. The summed E-state index contributed by atoms with van der Waals surface area (Å²) >= 11 is 0. The van der Waals surface area contributed by atoms with Gasteiger partial charge in [-0.1, -0.05) is 47.6 Å². The van der Waals surface area contributed by atoms with Crippen LogP contribution in [0.5, 0.6) is 0 Å². The van der Waals surface area contributed by atoms with Crippen molar-refractivity contribution in [2.24, 2.45) is 0 Å². The van der Waals surface area contributed by atoms with Crippen LogP contribution in [0.1, 0.15) is 11.4 Å². The first-order valence-electron chi connectivity index (χ1n) is 8.65. The molecule has 7 nitrogen and oxygen atoms in total. The van der Waals surface area contributed by atoms with Gasteiger partial charge in [-0.15, -0.1) is 0 Å². The van der Waals surface area contributed by atoms with E-state index in [4.69, 9.17) is 24.0 Å². The molecule has 1 aliphatic heterocycles. The molecule has 4 aromatic rings. The lowest BCUT2D eigenvalue weighted by molar-refractivity contribution is -0.417. The number of imidazole rings is 1. The second kappa shape index (κ2) is 6.62. The first-order valence-corrected chi connectivity index (χ1v) is 8.65. The Balaban J connectivity index is 1.62. The summed E-state index contributed by atoms with van der Waals surface area (Å²) in [6.07, 6.45) is 3.90. The van der Waals surface area contributed by atoms with Crippen LogP contribution < -0.4 is 0 Å². The van der Waals surface area contributed by atoms with E-state index in [1.807, 2.05) is 36.4 Å². The van der Waals surface area contributed by atoms with Crippen molar-refractivity contribution in [3.05, 3.63) is 72.4 Å². The minimum Gasteiger partial charge on any atom is -0.364 e. The Morgan fingerprint density at radius 2 is 1.96 bits per heavy atom. The molecule has 5 rings (SSSR count). The minimum absolute atomic E-state index is 0.0440. The van der Waals surface area contributed by atoms with Crippen LogP contribution in [0.4, 0.5) is 0 Å². The normalized spacial score (nSPS) is 20.1. The highest BCUT2D eigenvalue weighted by atomic mass is 17.2. The largest absolute Gasteiger partial charge is 0.364 e. The van der Waals surface area contributed by atoms with E-state index in [1.165, 1.54) is 0 Å². The number of hydrogen-bond donors (Lipinski definition) is 1. The van der Waals surface area contributed by atoms with Crippen molar-refractivity contribution in [1.82, 2.24) is 15.1 Å². The molecule has 1 fully saturated rings. The molecule has 27 heavy (non-hydrogen) atoms. The summed E-state index contributed by atoms with van der Waals surface area (Å²) in [6, 6.07) is 16.1. The zero-order chi connectivity index (χ0) is 18.1. The molecular weight excluding hydrogens is 346 g/mol. The molecular formula is C20H17N3O4. The number of H-pyrrole nitrogens is 1. The number of ether oxygens (including phenoxy) is 1. The molecule has 0 unspecified atom stereocenters. The van der Waals surface area contributed by atoms with Gasteiger partial charge in [-0.2, -0.15) is 0 Å². The van der Waals surface area contributed by atoms with Crippen LogP contribution in [0.25, 0.3) is 22.2 Å². The van der Waals surface area contributed by atoms with Gasteiger partial charge >= 0.3 is 0 Å². The van der Waals surface area contributed by atoms with Gasteiger partial charge in [-0.25, -0.2) is 14.8 Å². The topological polar surface area (TPSA) is 82.4 Å². The summed E-state index contributed by atoms with van der Waals surface area (Å²) in [7, 11) is 0. The van der Waals surface area contributed by atoms with Gasteiger partial charge in [0.15, 0.2) is 12.4 Å². The molecule has 1 atom stereocenters. The van der Waals surface area contributed by atoms with Crippen molar-refractivity contribution >= 4 is 11.0 Å². The predicted octanol–water partition coefficient (Wildman–Crippen LogP) is 3.59. The van der Waals surface area contributed by atoms with Gasteiger partial charge in [0.05, 0.1) is 17.2 Å². The monoisotopic (exact) mass is 363 g/mol. The average molecular weight is 363 g/mol. The molecule has 3 heterocycles. The Bertz CT molecular complexity index is 1040. The van der Waals surface area contributed by atoms with Gasteiger partial charge in [0.25, 0.3) is 0 Å². The fourth-order valence-corrected chi connectivity index (χ4v) is 3.42. The Labute approximate surface area is 154 Å². The summed E-state index contributed by atoms with van der Waals surface area (Å²) in [5.74, 6) is 0.702. The van der Waals surface area contributed by atoms with Gasteiger partial charge in [-0.3, -0.25) is 0 Å². The number of hydrogen-bond acceptors (Lipinski definition) is 6. The molecule has 2 aromatic carbocycles. The number of rotatable bonds is 4. The average Bonchev–Trinajstić information content (AvgIpc) is 3.39. The zero-order valence-corrected chi connectivity index (χ0v) is 14.4. The van der Waals surface area contributed by atoms with Crippen molar-refractivity contribution in [2.75, 3.05) is 13.4 Å². The summed E-state index contributed by atoms with van der Waals surface area (Å²) in [6.45, 7) is 0.284. The van der Waals surface area contributed by atoms with Crippen LogP contribution >= 0.6 is 0 Å². The maximum atomic E-state index is 6.04. The molecule has 7 heteroatoms. The first kappa shape index (κ1) is 16.2. The Kier molecular flexibility index (Phi) is 3.97. The molecule has 0 spiro atoms. The third-order valence-corrected chi connectivity index (χ3v) is 4.78. The second-order valence-corrected chi connectivity index (χ2v) is 6.50. The third-order valence-electron chi connectivity index (χ3n) is 4.78. The van der Waals surface area contributed by atoms with E-state index >= 15 is 0 Å². The van der Waals surface area contributed by atoms with Gasteiger partial charge in [0, 0.05) is 17.5 Å². The van der Waals surface area contributed by atoms with Gasteiger partial charge < -0.3 is 14.2 Å². The number of benzene rings is 2. The van der Waals surface area contributed by atoms with Crippen LogP contribution in [-0.4, -0.2) is 28.5 Å². The van der Waals surface area contributed by atoms with Crippen LogP contribution in [0.2, 0.25) is 0 Å². The van der Waals surface area contributed by atoms with Crippen LogP contribution in [0.15, 0.2) is 65.5 Å². The fourth-order valence-electron chi connectivity index (χ4n) is 3.42. The highest BCUT2D eigenvalue weighted by molar-refractivity contribution is 5.91. The van der Waals surface area contributed by atoms with Crippen molar-refractivity contribution in [3.8, 4) is 11.1 Å². The third kappa shape index (κ3) is 2.91. The van der Waals surface area contributed by atoms with Crippen molar-refractivity contribution in [3.63, 3.8) is 0 Å². The lowest BCUT2D eigenvalue weighted by atomic mass is 9.94. The quantitative estimate of drug-likeness (QED) is 0.558. The van der Waals surface area contributed by atoms with Crippen LogP contribution in [-0.2, 0) is 26.5 Å². The van der Waals surface area contributed by atoms with Crippen molar-refractivity contribution in [2.45, 2.75) is 12.0 Å². The van der Waals surface area contributed by atoms with Gasteiger partial charge in [-0.05, 0) is 11.6 Å². The molecule has 136 valence electrons. The number of nitrogens with one attached hydrogen (secondary N) is 1. The fraction of sp³-hybridized carbons (Fsp3) is 0.200. The Morgan fingerprint density at radius 1 is 1.04 bits per heavy atom. The van der Waals surface area contributed by atoms with Crippen molar-refractivity contribution in [1.29, 1.82) is 0 Å². The maximum Gasteiger partial charge on any atom is 0.182 e. The summed E-state index contributed by atoms with van der Waals surface area (Å²) in [4.78, 5) is 18.5. The Hall–Kier alpha value is -3.00. The molecule has 2 aromatic heterocycles. The first-order chi connectivity index (χ1) is 13.3. The van der Waals surface area contributed by atoms with Gasteiger partial charge in [0.1, 0.15) is 18.7 Å². The van der Waals surface area contributed by atoms with E-state index in [2.05, 4.69) is 22.3 Å². The van der Waals surface area contributed by atoms with E-state index in [0.29, 0.717) is 12.2 Å². The Morgan fingerprint density at radius 3 is 2.74 bits per heavy atom. The predicted molar refractivity (Wildman–Crippen MR) is 96.4 cm³/mol. The lowest BCUT2D eigenvalue weighted by Gasteiger charge is -2.34. The van der Waals surface area contributed by atoms with Gasteiger partial charge in [0.2, 0.25) is 0 Å². The molecule has 0 aliphatic carbocycles. The second-order valence-electron chi connectivity index (χ2n) is 6.50. The zero-order valence-electron chi connectivity index (χ0n) is 14.4. The summed E-state index contributed by atoms with van der Waals surface area (Å²) in [5.41, 5.74) is 3.93. The minimum atomic E-state index is -0.759. The van der Waals surface area contributed by atoms with Crippen LogP contribution in [0.3, 0.4) is 0 Å². The summed E-state index contributed by atoms with van der Waals surface area (Å²) in [5, 5.41) is 3.80. The SMILES string of the molecule is c1ccc(C[C@@]2(c3nc4c(-c5cnoc5)cccc4[nH]3)COOCO2)cc1. The number of fused-ring (bicyclic) bond motifs is 1. The molecule has 0 saturated carbocycles. The molecule has 0 radical (unpaired) electrons. The number of aromatic amines is 1. The molecule has 1 aliphatic rings. The number of nitrogens with zero attached hydrogens (tertiary/aromatic N) is 2. The van der Waals surface area contributed by atoms with Crippen molar-refractivity contribution < 1.29 is 19.0 Å². The number of aromatic nitrogens is 3. The smallest absolute Gasteiger partial charge is 0.182 e. The van der Waals surface area contributed by atoms with E-state index < -0.39 is 5.60 Å². The molecule has 1 N–H and O–H groups in total. The standard InChI is InChI=1S/C20H17N3O4/c1-2-5-14(6-3-1)9-20(12-26-27-13-24-20)19-22-17-8-4-7-16(18(17)23-19)15-10-21-25-11-15/h1-8,10-11H,9,12-13H2,(H,22,23)/t20-/m0/s1. The van der Waals surface area contributed by atoms with E-state index in [-0.39, 0.29) is 13.4 Å². The number of para-hydroxylation sites is 1. The lowest BCUT2D eigenvalue weighted by Crippen LogP contribution is -2.42. The molecule has 0 amide bonds. The van der Waals surface area contributed by atoms with E-state index in [1.54, 1.807) is 12.5 Å². The summed E-state index contributed by atoms with van der Waals surface area (Å²) < 4.78 is 11.0. The highest BCUT2D eigenvalue weighted by Gasteiger charge is 2.40. The van der Waals surface area contributed by atoms with E-state index in [9.17, 15) is 0 Å². The maximum absolute atomic E-state index is 6.04. The molecule has 1 saturated heterocycles. The van der Waals surface area contributed by atoms with Crippen LogP contribution in [0, 0.1) is 0 Å². The van der Waals surface area contributed by atoms with E-state index in [0.717, 1.165) is 27.7 Å². The highest BCUT2D eigenvalue weighted by Crippen LogP contribution is 2.35.